The molecular formula is C18H21Cl2N3O2. The van der Waals surface area contributed by atoms with E-state index in [0.717, 1.165) is 12.0 Å². The molecule has 2 rings (SSSR count). The standard InChI is InChI=1S/C18H20ClN3O2.ClH/c1-2-21-18(24)15-11-14(7-8-16(15)19)22-17(23)13-5-3-12(4-6-13)9-10-20;/h3-8,11H,2,9-10,20H2,1H3,(H,21,24)(H,22,23);1H. The Morgan fingerprint density at radius 2 is 1.76 bits per heavy atom. The van der Waals surface area contributed by atoms with E-state index in [0.29, 0.717) is 34.9 Å². The van der Waals surface area contributed by atoms with Crippen molar-refractivity contribution < 1.29 is 9.59 Å². The summed E-state index contributed by atoms with van der Waals surface area (Å²) in [6.07, 6.45) is 0.773. The second-order valence-corrected chi connectivity index (χ2v) is 5.65. The van der Waals surface area contributed by atoms with E-state index in [4.69, 9.17) is 17.3 Å². The third-order valence-electron chi connectivity index (χ3n) is 3.46. The van der Waals surface area contributed by atoms with Crippen molar-refractivity contribution in [2.24, 2.45) is 5.73 Å². The Morgan fingerprint density at radius 1 is 1.08 bits per heavy atom. The molecule has 0 bridgehead atoms. The summed E-state index contributed by atoms with van der Waals surface area (Å²) < 4.78 is 0. The average molecular weight is 382 g/mol. The van der Waals surface area contributed by atoms with Gasteiger partial charge in [0.1, 0.15) is 0 Å². The van der Waals surface area contributed by atoms with Crippen LogP contribution in [0, 0.1) is 0 Å². The smallest absolute Gasteiger partial charge is 0.255 e. The molecule has 0 unspecified atom stereocenters. The van der Waals surface area contributed by atoms with Crippen LogP contribution in [0.3, 0.4) is 0 Å². The van der Waals surface area contributed by atoms with Crippen molar-refractivity contribution in [2.75, 3.05) is 18.4 Å². The Hall–Kier alpha value is -2.08. The Kier molecular flexibility index (Phi) is 8.41. The predicted octanol–water partition coefficient (Wildman–Crippen LogP) is 3.27. The molecule has 0 aliphatic carbocycles. The quantitative estimate of drug-likeness (QED) is 0.717. The van der Waals surface area contributed by atoms with Gasteiger partial charge in [-0.3, -0.25) is 9.59 Å². The third kappa shape index (κ3) is 5.74. The molecule has 0 fully saturated rings. The molecule has 134 valence electrons. The van der Waals surface area contributed by atoms with Crippen molar-refractivity contribution in [3.63, 3.8) is 0 Å². The maximum Gasteiger partial charge on any atom is 0.255 e. The highest BCUT2D eigenvalue weighted by Gasteiger charge is 2.12. The minimum absolute atomic E-state index is 0. The lowest BCUT2D eigenvalue weighted by Gasteiger charge is -2.09. The van der Waals surface area contributed by atoms with Crippen LogP contribution >= 0.6 is 24.0 Å². The summed E-state index contributed by atoms with van der Waals surface area (Å²) in [6.45, 7) is 2.89. The van der Waals surface area contributed by atoms with E-state index in [-0.39, 0.29) is 24.2 Å². The SMILES string of the molecule is CCNC(=O)c1cc(NC(=O)c2ccc(CCN)cc2)ccc1Cl.Cl. The first-order valence-corrected chi connectivity index (χ1v) is 8.11. The van der Waals surface area contributed by atoms with Gasteiger partial charge in [0.25, 0.3) is 11.8 Å². The number of nitrogens with one attached hydrogen (secondary N) is 2. The molecule has 2 aromatic rings. The number of hydrogen-bond donors (Lipinski definition) is 3. The Bertz CT molecular complexity index is 734. The van der Waals surface area contributed by atoms with Gasteiger partial charge in [0.2, 0.25) is 0 Å². The lowest BCUT2D eigenvalue weighted by Crippen LogP contribution is -2.23. The van der Waals surface area contributed by atoms with Crippen molar-refractivity contribution in [1.29, 1.82) is 0 Å². The zero-order valence-electron chi connectivity index (χ0n) is 13.8. The number of carbonyl (C=O) groups excluding carboxylic acids is 2. The fourth-order valence-electron chi connectivity index (χ4n) is 2.23. The Morgan fingerprint density at radius 3 is 2.36 bits per heavy atom. The number of amides is 2. The van der Waals surface area contributed by atoms with E-state index in [1.807, 2.05) is 19.1 Å². The van der Waals surface area contributed by atoms with Crippen molar-refractivity contribution in [1.82, 2.24) is 5.32 Å². The van der Waals surface area contributed by atoms with Gasteiger partial charge in [0.05, 0.1) is 10.6 Å². The van der Waals surface area contributed by atoms with Gasteiger partial charge in [-0.1, -0.05) is 23.7 Å². The van der Waals surface area contributed by atoms with Crippen LogP contribution in [0.1, 0.15) is 33.2 Å². The van der Waals surface area contributed by atoms with Crippen molar-refractivity contribution in [2.45, 2.75) is 13.3 Å². The fourth-order valence-corrected chi connectivity index (χ4v) is 2.43. The van der Waals surface area contributed by atoms with Gasteiger partial charge in [-0.2, -0.15) is 0 Å². The minimum atomic E-state index is -0.273. The summed E-state index contributed by atoms with van der Waals surface area (Å²) in [5, 5.41) is 5.80. The summed E-state index contributed by atoms with van der Waals surface area (Å²) in [4.78, 5) is 24.3. The number of nitrogens with two attached hydrogens (primary N) is 1. The molecule has 2 aromatic carbocycles. The van der Waals surface area contributed by atoms with Crippen molar-refractivity contribution in [3.8, 4) is 0 Å². The topological polar surface area (TPSA) is 84.2 Å². The van der Waals surface area contributed by atoms with E-state index in [1.54, 1.807) is 30.3 Å². The van der Waals surface area contributed by atoms with Crippen LogP contribution in [0.2, 0.25) is 5.02 Å². The van der Waals surface area contributed by atoms with Gasteiger partial charge in [0.15, 0.2) is 0 Å². The van der Waals surface area contributed by atoms with Crippen LogP contribution in [-0.4, -0.2) is 24.9 Å². The number of hydrogen-bond acceptors (Lipinski definition) is 3. The molecule has 4 N–H and O–H groups in total. The van der Waals surface area contributed by atoms with E-state index in [2.05, 4.69) is 10.6 Å². The highest BCUT2D eigenvalue weighted by molar-refractivity contribution is 6.34. The monoisotopic (exact) mass is 381 g/mol. The molecule has 0 aromatic heterocycles. The van der Waals surface area contributed by atoms with E-state index in [9.17, 15) is 9.59 Å². The van der Waals surface area contributed by atoms with Gasteiger partial charge in [0, 0.05) is 17.8 Å². The van der Waals surface area contributed by atoms with Gasteiger partial charge >= 0.3 is 0 Å². The van der Waals surface area contributed by atoms with Gasteiger partial charge in [-0.05, 0) is 55.8 Å². The molecule has 0 saturated heterocycles. The first kappa shape index (κ1) is 21.0. The van der Waals surface area contributed by atoms with E-state index >= 15 is 0 Å². The maximum absolute atomic E-state index is 12.3. The summed E-state index contributed by atoms with van der Waals surface area (Å²) in [5.41, 5.74) is 7.96. The highest BCUT2D eigenvalue weighted by atomic mass is 35.5. The zero-order valence-corrected chi connectivity index (χ0v) is 15.4. The molecule has 25 heavy (non-hydrogen) atoms. The van der Waals surface area contributed by atoms with Crippen LogP contribution in [0.25, 0.3) is 0 Å². The molecule has 0 heterocycles. The molecule has 7 heteroatoms. The normalized spacial score (nSPS) is 9.88. The average Bonchev–Trinajstić information content (AvgIpc) is 2.57. The number of anilines is 1. The zero-order chi connectivity index (χ0) is 17.5. The summed E-state index contributed by atoms with van der Waals surface area (Å²) in [6, 6.07) is 12.1. The fraction of sp³-hybridized carbons (Fsp3) is 0.222. The second-order valence-electron chi connectivity index (χ2n) is 5.24. The first-order chi connectivity index (χ1) is 11.5. The van der Waals surface area contributed by atoms with Gasteiger partial charge in [-0.25, -0.2) is 0 Å². The molecule has 0 saturated carbocycles. The molecule has 0 aliphatic heterocycles. The van der Waals surface area contributed by atoms with Gasteiger partial charge in [-0.15, -0.1) is 12.4 Å². The van der Waals surface area contributed by atoms with Crippen molar-refractivity contribution >= 4 is 41.5 Å². The number of rotatable bonds is 6. The van der Waals surface area contributed by atoms with Crippen molar-refractivity contribution in [3.05, 3.63) is 64.2 Å². The largest absolute Gasteiger partial charge is 0.352 e. The Labute approximate surface area is 158 Å². The molecular weight excluding hydrogens is 361 g/mol. The van der Waals surface area contributed by atoms with E-state index < -0.39 is 0 Å². The lowest BCUT2D eigenvalue weighted by molar-refractivity contribution is 0.0954. The highest BCUT2D eigenvalue weighted by Crippen LogP contribution is 2.21. The summed E-state index contributed by atoms with van der Waals surface area (Å²) in [7, 11) is 0. The number of halogens is 2. The molecule has 0 aliphatic rings. The Balaban J connectivity index is 0.00000312. The summed E-state index contributed by atoms with van der Waals surface area (Å²) >= 11 is 6.04. The van der Waals surface area contributed by atoms with Crippen LogP contribution < -0.4 is 16.4 Å². The first-order valence-electron chi connectivity index (χ1n) is 7.73. The van der Waals surface area contributed by atoms with Crippen LogP contribution in [-0.2, 0) is 6.42 Å². The second kappa shape index (κ2) is 10.0. The molecule has 0 spiro atoms. The lowest BCUT2D eigenvalue weighted by atomic mass is 10.1. The minimum Gasteiger partial charge on any atom is -0.352 e. The molecule has 2 amide bonds. The summed E-state index contributed by atoms with van der Waals surface area (Å²) in [5.74, 6) is -0.525. The van der Waals surface area contributed by atoms with Crippen LogP contribution in [0.15, 0.2) is 42.5 Å². The van der Waals surface area contributed by atoms with E-state index in [1.165, 1.54) is 0 Å². The van der Waals surface area contributed by atoms with Gasteiger partial charge < -0.3 is 16.4 Å². The maximum atomic E-state index is 12.3. The van der Waals surface area contributed by atoms with Crippen LogP contribution in [0.4, 0.5) is 5.69 Å². The van der Waals surface area contributed by atoms with Crippen LogP contribution in [0.5, 0.6) is 0 Å². The molecule has 0 atom stereocenters. The third-order valence-corrected chi connectivity index (χ3v) is 3.78. The predicted molar refractivity (Wildman–Crippen MR) is 104 cm³/mol. The number of carbonyl (C=O) groups is 2. The molecule has 5 nitrogen and oxygen atoms in total. The molecule has 0 radical (unpaired) electrons. The number of benzene rings is 2.